The number of benzene rings is 1. The van der Waals surface area contributed by atoms with Crippen molar-refractivity contribution in [3.63, 3.8) is 0 Å². The van der Waals surface area contributed by atoms with E-state index < -0.39 is 5.60 Å². The number of halogens is 2. The van der Waals surface area contributed by atoms with Gasteiger partial charge in [0.2, 0.25) is 0 Å². The van der Waals surface area contributed by atoms with E-state index in [9.17, 15) is 9.50 Å². The van der Waals surface area contributed by atoms with E-state index in [1.54, 1.807) is 13.0 Å². The maximum absolute atomic E-state index is 13.9. The van der Waals surface area contributed by atoms with Gasteiger partial charge in [-0.1, -0.05) is 15.9 Å². The highest BCUT2D eigenvalue weighted by atomic mass is 79.9. The first-order valence-electron chi connectivity index (χ1n) is 5.09. The molecular formula is C12H14BrFO. The van der Waals surface area contributed by atoms with Gasteiger partial charge >= 0.3 is 0 Å². The maximum Gasteiger partial charge on any atom is 0.129 e. The van der Waals surface area contributed by atoms with Crippen LogP contribution in [0, 0.1) is 19.7 Å². The van der Waals surface area contributed by atoms with Crippen molar-refractivity contribution in [2.45, 2.75) is 38.7 Å². The zero-order chi connectivity index (χ0) is 11.2. The lowest BCUT2D eigenvalue weighted by atomic mass is 9.98. The fourth-order valence-electron chi connectivity index (χ4n) is 1.77. The summed E-state index contributed by atoms with van der Waals surface area (Å²) in [6.45, 7) is 3.63. The molecule has 0 unspecified atom stereocenters. The van der Waals surface area contributed by atoms with Crippen LogP contribution in [0.25, 0.3) is 0 Å². The quantitative estimate of drug-likeness (QED) is 0.876. The summed E-state index contributed by atoms with van der Waals surface area (Å²) in [5.74, 6) is -0.170. The predicted octanol–water partition coefficient (Wildman–Crippen LogP) is 3.27. The third-order valence-electron chi connectivity index (χ3n) is 3.10. The molecule has 1 fully saturated rings. The summed E-state index contributed by atoms with van der Waals surface area (Å²) in [5, 5.41) is 9.83. The van der Waals surface area contributed by atoms with E-state index in [1.165, 1.54) is 0 Å². The highest BCUT2D eigenvalue weighted by molar-refractivity contribution is 9.10. The summed E-state index contributed by atoms with van der Waals surface area (Å²) in [5.41, 5.74) is 1.55. The Morgan fingerprint density at radius 3 is 2.60 bits per heavy atom. The van der Waals surface area contributed by atoms with E-state index >= 15 is 0 Å². The zero-order valence-corrected chi connectivity index (χ0v) is 10.5. The normalized spacial score (nSPS) is 17.9. The van der Waals surface area contributed by atoms with E-state index in [-0.39, 0.29) is 5.82 Å². The van der Waals surface area contributed by atoms with Crippen LogP contribution in [0.2, 0.25) is 0 Å². The molecule has 82 valence electrons. The maximum atomic E-state index is 13.9. The largest absolute Gasteiger partial charge is 0.390 e. The van der Waals surface area contributed by atoms with Gasteiger partial charge in [0.05, 0.1) is 5.60 Å². The summed E-state index contributed by atoms with van der Waals surface area (Å²) < 4.78 is 14.8. The van der Waals surface area contributed by atoms with Crippen LogP contribution in [0.4, 0.5) is 4.39 Å². The first-order chi connectivity index (χ1) is 6.93. The summed E-state index contributed by atoms with van der Waals surface area (Å²) in [6, 6.07) is 1.78. The highest BCUT2D eigenvalue weighted by Gasteiger charge is 2.41. The summed E-state index contributed by atoms with van der Waals surface area (Å²) >= 11 is 3.41. The van der Waals surface area contributed by atoms with Gasteiger partial charge in [0, 0.05) is 10.9 Å². The standard InChI is InChI=1S/C12H14BrFO/c1-7-5-10(13)8(2)9(11(7)14)6-12(15)3-4-12/h5,15H,3-4,6H2,1-2H3. The molecule has 0 atom stereocenters. The Bertz CT molecular complexity index is 384. The summed E-state index contributed by atoms with van der Waals surface area (Å²) in [7, 11) is 0. The van der Waals surface area contributed by atoms with Gasteiger partial charge in [-0.3, -0.25) is 0 Å². The molecule has 3 heteroatoms. The lowest BCUT2D eigenvalue weighted by molar-refractivity contribution is 0.149. The second kappa shape index (κ2) is 3.56. The smallest absolute Gasteiger partial charge is 0.129 e. The van der Waals surface area contributed by atoms with Crippen LogP contribution < -0.4 is 0 Å². The van der Waals surface area contributed by atoms with Crippen molar-refractivity contribution in [2.75, 3.05) is 0 Å². The minimum atomic E-state index is -0.640. The molecule has 0 spiro atoms. The fourth-order valence-corrected chi connectivity index (χ4v) is 2.35. The second-order valence-corrected chi connectivity index (χ2v) is 5.35. The minimum Gasteiger partial charge on any atom is -0.390 e. The number of hydrogen-bond acceptors (Lipinski definition) is 1. The molecule has 0 aliphatic heterocycles. The van der Waals surface area contributed by atoms with Crippen molar-refractivity contribution in [2.24, 2.45) is 0 Å². The van der Waals surface area contributed by atoms with E-state index in [0.717, 1.165) is 22.9 Å². The molecule has 1 saturated carbocycles. The minimum absolute atomic E-state index is 0.170. The van der Waals surface area contributed by atoms with Crippen LogP contribution in [-0.2, 0) is 6.42 Å². The van der Waals surface area contributed by atoms with Gasteiger partial charge in [0.15, 0.2) is 0 Å². The van der Waals surface area contributed by atoms with E-state index in [4.69, 9.17) is 0 Å². The van der Waals surface area contributed by atoms with E-state index in [0.29, 0.717) is 17.5 Å². The van der Waals surface area contributed by atoms with Gasteiger partial charge < -0.3 is 5.11 Å². The molecule has 1 aromatic rings. The van der Waals surface area contributed by atoms with Crippen molar-refractivity contribution >= 4 is 15.9 Å². The second-order valence-electron chi connectivity index (χ2n) is 4.49. The molecule has 0 aromatic heterocycles. The average Bonchev–Trinajstić information content (AvgIpc) is 2.89. The first-order valence-corrected chi connectivity index (χ1v) is 5.89. The Balaban J connectivity index is 2.44. The van der Waals surface area contributed by atoms with Crippen molar-refractivity contribution in [1.82, 2.24) is 0 Å². The van der Waals surface area contributed by atoms with E-state index in [1.807, 2.05) is 6.92 Å². The topological polar surface area (TPSA) is 20.2 Å². The van der Waals surface area contributed by atoms with Crippen LogP contribution in [0.15, 0.2) is 10.5 Å². The Labute approximate surface area is 97.4 Å². The SMILES string of the molecule is Cc1cc(Br)c(C)c(CC2(O)CC2)c1F. The first kappa shape index (κ1) is 11.1. The lowest BCUT2D eigenvalue weighted by Crippen LogP contribution is -2.14. The molecule has 0 bridgehead atoms. The molecule has 15 heavy (non-hydrogen) atoms. The Morgan fingerprint density at radius 1 is 1.47 bits per heavy atom. The van der Waals surface area contributed by atoms with Crippen LogP contribution in [-0.4, -0.2) is 10.7 Å². The molecule has 0 amide bonds. The molecule has 2 rings (SSSR count). The molecule has 0 radical (unpaired) electrons. The van der Waals surface area contributed by atoms with Crippen molar-refractivity contribution < 1.29 is 9.50 Å². The Morgan fingerprint density at radius 2 is 2.07 bits per heavy atom. The molecule has 1 aliphatic rings. The van der Waals surface area contributed by atoms with Gasteiger partial charge in [0.1, 0.15) is 5.82 Å². The van der Waals surface area contributed by atoms with Crippen molar-refractivity contribution in [3.05, 3.63) is 33.0 Å². The fraction of sp³-hybridized carbons (Fsp3) is 0.500. The molecule has 1 aromatic carbocycles. The van der Waals surface area contributed by atoms with Gasteiger partial charge in [-0.05, 0) is 49.4 Å². The average molecular weight is 273 g/mol. The number of aliphatic hydroxyl groups is 1. The van der Waals surface area contributed by atoms with Crippen molar-refractivity contribution in [3.8, 4) is 0 Å². The molecule has 0 saturated heterocycles. The zero-order valence-electron chi connectivity index (χ0n) is 8.90. The third kappa shape index (κ3) is 2.08. The van der Waals surface area contributed by atoms with Gasteiger partial charge in [-0.25, -0.2) is 4.39 Å². The van der Waals surface area contributed by atoms with Gasteiger partial charge in [-0.2, -0.15) is 0 Å². The van der Waals surface area contributed by atoms with E-state index in [2.05, 4.69) is 15.9 Å². The van der Waals surface area contributed by atoms with Crippen molar-refractivity contribution in [1.29, 1.82) is 0 Å². The molecule has 1 nitrogen and oxygen atoms in total. The molecule has 0 heterocycles. The molecule has 1 N–H and O–H groups in total. The van der Waals surface area contributed by atoms with Gasteiger partial charge in [0.25, 0.3) is 0 Å². The number of rotatable bonds is 2. The number of hydrogen-bond donors (Lipinski definition) is 1. The van der Waals surface area contributed by atoms with Crippen LogP contribution in [0.5, 0.6) is 0 Å². The predicted molar refractivity (Wildman–Crippen MR) is 61.5 cm³/mol. The van der Waals surface area contributed by atoms with Crippen LogP contribution in [0.3, 0.4) is 0 Å². The van der Waals surface area contributed by atoms with Crippen LogP contribution in [0.1, 0.15) is 29.5 Å². The van der Waals surface area contributed by atoms with Crippen LogP contribution >= 0.6 is 15.9 Å². The summed E-state index contributed by atoms with van der Waals surface area (Å²) in [6.07, 6.45) is 2.01. The molecule has 1 aliphatic carbocycles. The summed E-state index contributed by atoms with van der Waals surface area (Å²) in [4.78, 5) is 0. The monoisotopic (exact) mass is 272 g/mol. The Hall–Kier alpha value is -0.410. The lowest BCUT2D eigenvalue weighted by Gasteiger charge is -2.14. The van der Waals surface area contributed by atoms with Gasteiger partial charge in [-0.15, -0.1) is 0 Å². The highest BCUT2D eigenvalue weighted by Crippen LogP contribution is 2.40. The third-order valence-corrected chi connectivity index (χ3v) is 3.92. The molecular weight excluding hydrogens is 259 g/mol. The number of aryl methyl sites for hydroxylation is 1. The Kier molecular flexibility index (Phi) is 2.63.